The molecule has 0 saturated carbocycles. The number of rotatable bonds is 0. The van der Waals surface area contributed by atoms with Crippen molar-refractivity contribution in [2.75, 3.05) is 26.2 Å². The topological polar surface area (TPSA) is 26.1 Å². The van der Waals surface area contributed by atoms with Crippen LogP contribution in [0.5, 0.6) is 0 Å². The van der Waals surface area contributed by atoms with Gasteiger partial charge in [-0.05, 0) is 0 Å². The Bertz CT molecular complexity index is 85.0. The molecule has 0 aromatic heterocycles. The van der Waals surface area contributed by atoms with E-state index in [0.29, 0.717) is 13.1 Å². The summed E-state index contributed by atoms with van der Waals surface area (Å²) in [7, 11) is 0. The van der Waals surface area contributed by atoms with Gasteiger partial charge in [0.1, 0.15) is 0 Å². The first-order valence-corrected chi connectivity index (χ1v) is 2.92. The molecule has 1 N–H and O–H groups in total. The molecule has 0 aromatic carbocycles. The fourth-order valence-electron chi connectivity index (χ4n) is 0.728. The Labute approximate surface area is 52.6 Å². The zero-order chi connectivity index (χ0) is 6.74. The van der Waals surface area contributed by atoms with Crippen molar-refractivity contribution in [3.8, 4) is 0 Å². The fraction of sp³-hybridized carbons (Fsp3) is 1.00. The lowest BCUT2D eigenvalue weighted by Gasteiger charge is -2.10. The van der Waals surface area contributed by atoms with Gasteiger partial charge in [0.05, 0.1) is 13.1 Å². The smallest absolute Gasteiger partial charge is 0.274 e. The maximum Gasteiger partial charge on any atom is 0.274 e. The maximum atomic E-state index is 12.3. The fourth-order valence-corrected chi connectivity index (χ4v) is 0.728. The molecule has 1 aliphatic heterocycles. The number of hydrogen-bond acceptors (Lipinski definition) is 1. The second-order valence-corrected chi connectivity index (χ2v) is 2.14. The van der Waals surface area contributed by atoms with E-state index in [1.165, 1.54) is 0 Å². The zero-order valence-electron chi connectivity index (χ0n) is 5.03. The SMILES string of the molecule is FC1(F)C[N]CCNC1. The first-order valence-electron chi connectivity index (χ1n) is 2.92. The van der Waals surface area contributed by atoms with Gasteiger partial charge >= 0.3 is 0 Å². The van der Waals surface area contributed by atoms with Crippen LogP contribution in [0.2, 0.25) is 0 Å². The first kappa shape index (κ1) is 6.89. The molecule has 0 aromatic rings. The minimum atomic E-state index is -2.61. The monoisotopic (exact) mass is 135 g/mol. The molecule has 2 nitrogen and oxygen atoms in total. The lowest BCUT2D eigenvalue weighted by atomic mass is 10.3. The van der Waals surface area contributed by atoms with E-state index in [4.69, 9.17) is 0 Å². The van der Waals surface area contributed by atoms with Crippen molar-refractivity contribution in [3.63, 3.8) is 0 Å². The van der Waals surface area contributed by atoms with Gasteiger partial charge in [0.2, 0.25) is 0 Å². The highest BCUT2D eigenvalue weighted by Crippen LogP contribution is 2.11. The van der Waals surface area contributed by atoms with E-state index in [-0.39, 0.29) is 13.1 Å². The molecular formula is C5H9F2N2. The summed E-state index contributed by atoms with van der Waals surface area (Å²) in [6.45, 7) is 0.543. The van der Waals surface area contributed by atoms with Gasteiger partial charge in [-0.3, -0.25) is 0 Å². The molecule has 1 fully saturated rings. The summed E-state index contributed by atoms with van der Waals surface area (Å²) in [6.07, 6.45) is 0. The number of alkyl halides is 2. The standard InChI is InChI=1S/C5H9F2N2/c6-5(7)3-8-1-2-9-4-5/h8H,1-4H2. The molecule has 1 heterocycles. The molecule has 0 unspecified atom stereocenters. The third-order valence-corrected chi connectivity index (χ3v) is 1.17. The molecule has 1 rings (SSSR count). The predicted octanol–water partition coefficient (Wildman–Crippen LogP) is -0.171. The van der Waals surface area contributed by atoms with Crippen LogP contribution in [0.1, 0.15) is 0 Å². The number of nitrogens with one attached hydrogen (secondary N) is 1. The molecule has 4 heteroatoms. The number of halogens is 2. The Kier molecular flexibility index (Phi) is 1.97. The molecule has 0 amide bonds. The van der Waals surface area contributed by atoms with Crippen LogP contribution >= 0.6 is 0 Å². The van der Waals surface area contributed by atoms with Crippen LogP contribution in [0.3, 0.4) is 0 Å². The van der Waals surface area contributed by atoms with E-state index in [2.05, 4.69) is 10.6 Å². The average molecular weight is 135 g/mol. The van der Waals surface area contributed by atoms with Crippen LogP contribution in [0.4, 0.5) is 8.78 Å². The lowest BCUT2D eigenvalue weighted by Crippen LogP contribution is -2.34. The second kappa shape index (κ2) is 2.58. The molecule has 0 atom stereocenters. The van der Waals surface area contributed by atoms with Crippen molar-refractivity contribution in [2.24, 2.45) is 0 Å². The molecule has 0 bridgehead atoms. The number of nitrogens with zero attached hydrogens (tertiary/aromatic N) is 1. The van der Waals surface area contributed by atoms with Crippen molar-refractivity contribution in [1.82, 2.24) is 10.6 Å². The van der Waals surface area contributed by atoms with Crippen LogP contribution in [0.15, 0.2) is 0 Å². The third-order valence-electron chi connectivity index (χ3n) is 1.17. The zero-order valence-corrected chi connectivity index (χ0v) is 5.03. The molecule has 53 valence electrons. The van der Waals surface area contributed by atoms with Crippen molar-refractivity contribution >= 4 is 0 Å². The Balaban J connectivity index is 2.36. The minimum absolute atomic E-state index is 0.226. The average Bonchev–Trinajstić information content (AvgIpc) is 1.92. The van der Waals surface area contributed by atoms with E-state index in [1.54, 1.807) is 0 Å². The summed E-state index contributed by atoms with van der Waals surface area (Å²) in [6, 6.07) is 0. The van der Waals surface area contributed by atoms with Gasteiger partial charge in [-0.1, -0.05) is 0 Å². The van der Waals surface area contributed by atoms with E-state index in [1.807, 2.05) is 0 Å². The van der Waals surface area contributed by atoms with Crippen LogP contribution in [0, 0.1) is 0 Å². The third kappa shape index (κ3) is 2.24. The molecular weight excluding hydrogens is 126 g/mol. The van der Waals surface area contributed by atoms with E-state index in [0.717, 1.165) is 0 Å². The van der Waals surface area contributed by atoms with Gasteiger partial charge < -0.3 is 5.32 Å². The Hall–Kier alpha value is -0.220. The van der Waals surface area contributed by atoms with E-state index >= 15 is 0 Å². The molecule has 1 saturated heterocycles. The lowest BCUT2D eigenvalue weighted by molar-refractivity contribution is 0.00973. The van der Waals surface area contributed by atoms with E-state index in [9.17, 15) is 8.78 Å². The van der Waals surface area contributed by atoms with Crippen LogP contribution < -0.4 is 10.6 Å². The van der Waals surface area contributed by atoms with Crippen molar-refractivity contribution < 1.29 is 8.78 Å². The first-order chi connectivity index (χ1) is 4.21. The van der Waals surface area contributed by atoms with Crippen molar-refractivity contribution in [3.05, 3.63) is 0 Å². The second-order valence-electron chi connectivity index (χ2n) is 2.14. The quantitative estimate of drug-likeness (QED) is 0.490. The van der Waals surface area contributed by atoms with Gasteiger partial charge in [0.25, 0.3) is 5.92 Å². The molecule has 0 spiro atoms. The maximum absolute atomic E-state index is 12.3. The summed E-state index contributed by atoms with van der Waals surface area (Å²) >= 11 is 0. The summed E-state index contributed by atoms with van der Waals surface area (Å²) in [5.74, 6) is -2.61. The minimum Gasteiger partial charge on any atom is -0.310 e. The van der Waals surface area contributed by atoms with Gasteiger partial charge in [-0.15, -0.1) is 0 Å². The van der Waals surface area contributed by atoms with Crippen LogP contribution in [0.25, 0.3) is 0 Å². The van der Waals surface area contributed by atoms with Gasteiger partial charge in [-0.2, -0.15) is 0 Å². The molecule has 0 aliphatic carbocycles. The number of hydrogen-bond donors (Lipinski definition) is 1. The Morgan fingerprint density at radius 3 is 3.00 bits per heavy atom. The van der Waals surface area contributed by atoms with Gasteiger partial charge in [-0.25, -0.2) is 14.1 Å². The highest BCUT2D eigenvalue weighted by Gasteiger charge is 2.29. The van der Waals surface area contributed by atoms with Crippen LogP contribution in [-0.2, 0) is 0 Å². The summed E-state index contributed by atoms with van der Waals surface area (Å²) in [4.78, 5) is 0. The molecule has 1 radical (unpaired) electrons. The molecule has 1 aliphatic rings. The summed E-state index contributed by atoms with van der Waals surface area (Å²) in [5.41, 5.74) is 0. The highest BCUT2D eigenvalue weighted by molar-refractivity contribution is 4.75. The predicted molar refractivity (Wildman–Crippen MR) is 29.7 cm³/mol. The summed E-state index contributed by atoms with van der Waals surface area (Å²) < 4.78 is 24.6. The Morgan fingerprint density at radius 1 is 1.44 bits per heavy atom. The van der Waals surface area contributed by atoms with Gasteiger partial charge in [0.15, 0.2) is 0 Å². The van der Waals surface area contributed by atoms with Gasteiger partial charge in [0, 0.05) is 13.1 Å². The van der Waals surface area contributed by atoms with Crippen molar-refractivity contribution in [1.29, 1.82) is 0 Å². The van der Waals surface area contributed by atoms with Crippen molar-refractivity contribution in [2.45, 2.75) is 5.92 Å². The molecule has 9 heavy (non-hydrogen) atoms. The Morgan fingerprint density at radius 2 is 2.22 bits per heavy atom. The highest BCUT2D eigenvalue weighted by atomic mass is 19.3. The summed E-state index contributed by atoms with van der Waals surface area (Å²) in [5, 5.41) is 6.20. The van der Waals surface area contributed by atoms with Crippen LogP contribution in [-0.4, -0.2) is 32.1 Å². The normalized spacial score (nSPS) is 27.3. The van der Waals surface area contributed by atoms with E-state index < -0.39 is 5.92 Å². The largest absolute Gasteiger partial charge is 0.310 e.